The highest BCUT2D eigenvalue weighted by Crippen LogP contribution is 2.17. The second kappa shape index (κ2) is 6.86. The molecule has 1 rings (SSSR count). The number of carboxylic acids is 1. The van der Waals surface area contributed by atoms with E-state index in [9.17, 15) is 9.59 Å². The average molecular weight is 272 g/mol. The number of ether oxygens (including phenoxy) is 1. The normalized spacial score (nSPS) is 17.5. The minimum absolute atomic E-state index is 0.0213. The Kier molecular flexibility index (Phi) is 5.75. The number of likely N-dealkylation sites (tertiary alicyclic amines) is 1. The Hall–Kier alpha value is -1.14. The maximum atomic E-state index is 12.0. The van der Waals surface area contributed by atoms with Gasteiger partial charge in [-0.05, 0) is 26.7 Å². The molecule has 0 aliphatic carbocycles. The van der Waals surface area contributed by atoms with Crippen molar-refractivity contribution in [2.24, 2.45) is 5.92 Å². The molecule has 6 heteroatoms. The van der Waals surface area contributed by atoms with Crippen LogP contribution < -0.4 is 5.32 Å². The van der Waals surface area contributed by atoms with Crippen LogP contribution in [0.25, 0.3) is 0 Å². The SMILES string of the molecule is COCC(C)(C)NCC(=O)N1CCC(C(=O)O)CC1. The monoisotopic (exact) mass is 272 g/mol. The molecule has 0 aromatic rings. The van der Waals surface area contributed by atoms with Gasteiger partial charge in [0.1, 0.15) is 0 Å². The molecule has 0 aromatic heterocycles. The zero-order chi connectivity index (χ0) is 14.5. The summed E-state index contributed by atoms with van der Waals surface area (Å²) in [5.74, 6) is -1.04. The predicted molar refractivity (Wildman–Crippen MR) is 70.9 cm³/mol. The van der Waals surface area contributed by atoms with Crippen LogP contribution in [0.4, 0.5) is 0 Å². The molecular weight excluding hydrogens is 248 g/mol. The van der Waals surface area contributed by atoms with Crippen molar-refractivity contribution in [3.63, 3.8) is 0 Å². The summed E-state index contributed by atoms with van der Waals surface area (Å²) < 4.78 is 5.07. The molecule has 6 nitrogen and oxygen atoms in total. The van der Waals surface area contributed by atoms with E-state index in [0.717, 1.165) is 0 Å². The summed E-state index contributed by atoms with van der Waals surface area (Å²) in [5, 5.41) is 12.1. The molecule has 1 saturated heterocycles. The summed E-state index contributed by atoms with van der Waals surface area (Å²) in [7, 11) is 1.63. The molecule has 110 valence electrons. The summed E-state index contributed by atoms with van der Waals surface area (Å²) in [6.45, 7) is 5.79. The molecule has 19 heavy (non-hydrogen) atoms. The van der Waals surface area contributed by atoms with E-state index < -0.39 is 5.97 Å². The zero-order valence-corrected chi connectivity index (χ0v) is 11.9. The van der Waals surface area contributed by atoms with Crippen LogP contribution in [0, 0.1) is 5.92 Å². The first-order valence-corrected chi connectivity index (χ1v) is 6.60. The van der Waals surface area contributed by atoms with E-state index >= 15 is 0 Å². The number of piperidine rings is 1. The fourth-order valence-corrected chi connectivity index (χ4v) is 2.21. The molecule has 1 aliphatic rings. The number of methoxy groups -OCH3 is 1. The first-order valence-electron chi connectivity index (χ1n) is 6.60. The van der Waals surface area contributed by atoms with Crippen LogP contribution in [0.2, 0.25) is 0 Å². The van der Waals surface area contributed by atoms with Gasteiger partial charge < -0.3 is 20.1 Å². The topological polar surface area (TPSA) is 78.9 Å². The van der Waals surface area contributed by atoms with Gasteiger partial charge in [-0.25, -0.2) is 0 Å². The highest BCUT2D eigenvalue weighted by atomic mass is 16.5. The van der Waals surface area contributed by atoms with Crippen LogP contribution in [-0.2, 0) is 14.3 Å². The second-order valence-electron chi connectivity index (χ2n) is 5.66. The summed E-state index contributed by atoms with van der Waals surface area (Å²) in [5.41, 5.74) is -0.246. The van der Waals surface area contributed by atoms with Crippen molar-refractivity contribution < 1.29 is 19.4 Å². The van der Waals surface area contributed by atoms with Crippen molar-refractivity contribution >= 4 is 11.9 Å². The first-order chi connectivity index (χ1) is 8.85. The molecule has 1 amide bonds. The summed E-state index contributed by atoms with van der Waals surface area (Å²) in [6, 6.07) is 0. The third-order valence-electron chi connectivity index (χ3n) is 3.42. The number of carbonyl (C=O) groups excluding carboxylic acids is 1. The Bertz CT molecular complexity index is 323. The fraction of sp³-hybridized carbons (Fsp3) is 0.846. The highest BCUT2D eigenvalue weighted by molar-refractivity contribution is 5.79. The average Bonchev–Trinajstić information content (AvgIpc) is 2.36. The van der Waals surface area contributed by atoms with Crippen LogP contribution in [0.1, 0.15) is 26.7 Å². The zero-order valence-electron chi connectivity index (χ0n) is 11.9. The van der Waals surface area contributed by atoms with Gasteiger partial charge in [0.2, 0.25) is 5.91 Å². The standard InChI is InChI=1S/C13H24N2O4/c1-13(2,9-19-3)14-8-11(16)15-6-4-10(5-7-15)12(17)18/h10,14H,4-9H2,1-3H3,(H,17,18). The van der Waals surface area contributed by atoms with Crippen molar-refractivity contribution in [1.82, 2.24) is 10.2 Å². The Morgan fingerprint density at radius 3 is 2.42 bits per heavy atom. The second-order valence-corrected chi connectivity index (χ2v) is 5.66. The van der Waals surface area contributed by atoms with Crippen molar-refractivity contribution in [2.45, 2.75) is 32.2 Å². The molecule has 0 saturated carbocycles. The minimum atomic E-state index is -0.758. The van der Waals surface area contributed by atoms with Crippen LogP contribution in [0.3, 0.4) is 0 Å². The van der Waals surface area contributed by atoms with Gasteiger partial charge in [0.05, 0.1) is 19.1 Å². The number of aliphatic carboxylic acids is 1. The minimum Gasteiger partial charge on any atom is -0.481 e. The number of nitrogens with one attached hydrogen (secondary N) is 1. The summed E-state index contributed by atoms with van der Waals surface area (Å²) in [4.78, 5) is 24.6. The molecule has 0 spiro atoms. The van der Waals surface area contributed by atoms with Gasteiger partial charge in [-0.1, -0.05) is 0 Å². The smallest absolute Gasteiger partial charge is 0.306 e. The number of hydrogen-bond acceptors (Lipinski definition) is 4. The van der Waals surface area contributed by atoms with E-state index in [1.165, 1.54) is 0 Å². The summed E-state index contributed by atoms with van der Waals surface area (Å²) in [6.07, 6.45) is 1.09. The van der Waals surface area contributed by atoms with Crippen molar-refractivity contribution in [2.75, 3.05) is 33.4 Å². The Balaban J connectivity index is 2.34. The van der Waals surface area contributed by atoms with Gasteiger partial charge in [-0.3, -0.25) is 9.59 Å². The third-order valence-corrected chi connectivity index (χ3v) is 3.42. The van der Waals surface area contributed by atoms with Crippen LogP contribution in [0.5, 0.6) is 0 Å². The molecule has 0 radical (unpaired) electrons. The van der Waals surface area contributed by atoms with Crippen molar-refractivity contribution in [3.05, 3.63) is 0 Å². The lowest BCUT2D eigenvalue weighted by molar-refractivity contribution is -0.145. The van der Waals surface area contributed by atoms with Crippen LogP contribution in [-0.4, -0.2) is 60.8 Å². The maximum absolute atomic E-state index is 12.0. The molecule has 0 atom stereocenters. The molecule has 0 aromatic carbocycles. The first kappa shape index (κ1) is 15.9. The molecule has 0 unspecified atom stereocenters. The Labute approximate surface area is 114 Å². The Morgan fingerprint density at radius 2 is 1.95 bits per heavy atom. The number of hydrogen-bond donors (Lipinski definition) is 2. The van der Waals surface area contributed by atoms with Gasteiger partial charge in [-0.15, -0.1) is 0 Å². The van der Waals surface area contributed by atoms with Gasteiger partial charge >= 0.3 is 5.97 Å². The van der Waals surface area contributed by atoms with E-state index in [-0.39, 0.29) is 23.9 Å². The quantitative estimate of drug-likeness (QED) is 0.728. The molecule has 1 heterocycles. The highest BCUT2D eigenvalue weighted by Gasteiger charge is 2.27. The molecular formula is C13H24N2O4. The van der Waals surface area contributed by atoms with E-state index in [4.69, 9.17) is 9.84 Å². The number of nitrogens with zero attached hydrogens (tertiary/aromatic N) is 1. The van der Waals surface area contributed by atoms with Gasteiger partial charge in [0, 0.05) is 25.7 Å². The van der Waals surface area contributed by atoms with E-state index in [2.05, 4.69) is 5.32 Å². The van der Waals surface area contributed by atoms with Crippen LogP contribution >= 0.6 is 0 Å². The van der Waals surface area contributed by atoms with Gasteiger partial charge in [0.15, 0.2) is 0 Å². The van der Waals surface area contributed by atoms with Gasteiger partial charge in [-0.2, -0.15) is 0 Å². The predicted octanol–water partition coefficient (Wildman–Crippen LogP) is 0.324. The fourth-order valence-electron chi connectivity index (χ4n) is 2.21. The van der Waals surface area contributed by atoms with Crippen molar-refractivity contribution in [3.8, 4) is 0 Å². The maximum Gasteiger partial charge on any atom is 0.306 e. The molecule has 2 N–H and O–H groups in total. The number of amides is 1. The Morgan fingerprint density at radius 1 is 1.37 bits per heavy atom. The molecule has 1 aliphatic heterocycles. The molecule has 0 bridgehead atoms. The van der Waals surface area contributed by atoms with E-state index in [1.807, 2.05) is 13.8 Å². The largest absolute Gasteiger partial charge is 0.481 e. The number of carboxylic acid groups (broad SMARTS) is 1. The lowest BCUT2D eigenvalue weighted by atomic mass is 9.97. The lowest BCUT2D eigenvalue weighted by Crippen LogP contribution is -2.50. The number of carbonyl (C=O) groups is 2. The summed E-state index contributed by atoms with van der Waals surface area (Å²) >= 11 is 0. The molecule has 1 fully saturated rings. The van der Waals surface area contributed by atoms with Crippen LogP contribution in [0.15, 0.2) is 0 Å². The van der Waals surface area contributed by atoms with Gasteiger partial charge in [0.25, 0.3) is 0 Å². The third kappa shape index (κ3) is 5.16. The van der Waals surface area contributed by atoms with Crippen molar-refractivity contribution in [1.29, 1.82) is 0 Å². The lowest BCUT2D eigenvalue weighted by Gasteiger charge is -2.32. The number of rotatable bonds is 6. The van der Waals surface area contributed by atoms with E-state index in [1.54, 1.807) is 12.0 Å². The van der Waals surface area contributed by atoms with E-state index in [0.29, 0.717) is 32.5 Å².